The minimum absolute atomic E-state index is 0.0287. The number of fused-ring (bicyclic) bond motifs is 9. The summed E-state index contributed by atoms with van der Waals surface area (Å²) < 4.78 is 5.79. The molecule has 174 valence electrons. The predicted molar refractivity (Wildman–Crippen MR) is 120 cm³/mol. The fourth-order valence-electron chi connectivity index (χ4n) is 6.90. The van der Waals surface area contributed by atoms with Crippen LogP contribution in [-0.4, -0.2) is 44.1 Å². The Bertz CT molecular complexity index is 1200. The standard InChI is InChI=1S/C23H24N2O6S2/c1-8(2)6-11(22(28)29)25-20(26)14-9-7-10(15(14)21(25)27)17-13(9)16(12-4-3-5-31-12)18-19(32-17)24-23(30)33-18/h3-5,8-11,13-17H,6-7H2,1-2H3,(H,24,30)(H,28,29)/t9?,10?,11?,13?,14?,15?,16-,17?/m1/s1. The Morgan fingerprint density at radius 2 is 1.97 bits per heavy atom. The van der Waals surface area contributed by atoms with E-state index in [1.807, 2.05) is 26.0 Å². The molecule has 4 aliphatic rings. The molecule has 8 atom stereocenters. The maximum Gasteiger partial charge on any atom is 0.326 e. The van der Waals surface area contributed by atoms with Crippen molar-refractivity contribution in [2.24, 2.45) is 35.5 Å². The van der Waals surface area contributed by atoms with Crippen LogP contribution in [0.25, 0.3) is 0 Å². The summed E-state index contributed by atoms with van der Waals surface area (Å²) in [5.41, 5.74) is 0. The molecule has 7 unspecified atom stereocenters. The van der Waals surface area contributed by atoms with E-state index >= 15 is 0 Å². The first-order chi connectivity index (χ1) is 15.8. The van der Waals surface area contributed by atoms with Crippen LogP contribution in [-0.2, 0) is 14.4 Å². The monoisotopic (exact) mass is 488 g/mol. The fraction of sp³-hybridized carbons (Fsp3) is 0.565. The molecule has 1 saturated heterocycles. The van der Waals surface area contributed by atoms with Gasteiger partial charge in [0.2, 0.25) is 11.8 Å². The maximum absolute atomic E-state index is 13.6. The van der Waals surface area contributed by atoms with Crippen LogP contribution >= 0.6 is 23.1 Å². The Morgan fingerprint density at radius 1 is 1.24 bits per heavy atom. The van der Waals surface area contributed by atoms with Gasteiger partial charge < -0.3 is 14.5 Å². The maximum atomic E-state index is 13.6. The molecular weight excluding hydrogens is 464 g/mol. The lowest BCUT2D eigenvalue weighted by atomic mass is 9.69. The third kappa shape index (κ3) is 2.89. The van der Waals surface area contributed by atoms with Gasteiger partial charge in [0, 0.05) is 5.25 Å². The molecule has 6 rings (SSSR count). The van der Waals surface area contributed by atoms with Gasteiger partial charge in [-0.05, 0) is 48.6 Å². The largest absolute Gasteiger partial charge is 0.480 e. The van der Waals surface area contributed by atoms with Gasteiger partial charge in [-0.1, -0.05) is 25.2 Å². The van der Waals surface area contributed by atoms with Crippen LogP contribution in [0.5, 0.6) is 0 Å². The molecule has 0 aromatic carbocycles. The van der Waals surface area contributed by atoms with Crippen LogP contribution in [0.4, 0.5) is 0 Å². The number of thiazole rings is 1. The Hall–Kier alpha value is -2.33. The first kappa shape index (κ1) is 21.2. The van der Waals surface area contributed by atoms with Gasteiger partial charge in [0.05, 0.1) is 33.9 Å². The second kappa shape index (κ2) is 7.33. The highest BCUT2D eigenvalue weighted by Crippen LogP contribution is 2.68. The SMILES string of the molecule is CC(C)CC(C(=O)O)N1C(=O)C2C3CC(C2C1=O)C1C3Sc2[nH]c(=O)sc2[C@@H]1c1ccco1. The summed E-state index contributed by atoms with van der Waals surface area (Å²) in [6.45, 7) is 3.79. The van der Waals surface area contributed by atoms with Gasteiger partial charge in [0.1, 0.15) is 11.8 Å². The van der Waals surface area contributed by atoms with Gasteiger partial charge in [0.15, 0.2) is 0 Å². The summed E-state index contributed by atoms with van der Waals surface area (Å²) in [5.74, 6) is -2.13. The van der Waals surface area contributed by atoms with Crippen molar-refractivity contribution in [3.8, 4) is 0 Å². The zero-order valence-corrected chi connectivity index (χ0v) is 19.7. The lowest BCUT2D eigenvalue weighted by Crippen LogP contribution is -2.47. The molecule has 2 bridgehead atoms. The number of aromatic amines is 1. The number of carboxylic acid groups (broad SMARTS) is 1. The Labute approximate surface area is 197 Å². The average Bonchev–Trinajstić information content (AvgIpc) is 3.54. The molecular formula is C23H24N2O6S2. The van der Waals surface area contributed by atoms with Crippen LogP contribution in [0, 0.1) is 35.5 Å². The average molecular weight is 489 g/mol. The third-order valence-electron chi connectivity index (χ3n) is 7.90. The number of hydrogen-bond acceptors (Lipinski definition) is 7. The van der Waals surface area contributed by atoms with Gasteiger partial charge in [0.25, 0.3) is 0 Å². The molecule has 33 heavy (non-hydrogen) atoms. The predicted octanol–water partition coefficient (Wildman–Crippen LogP) is 3.00. The van der Waals surface area contributed by atoms with Crippen molar-refractivity contribution < 1.29 is 23.9 Å². The van der Waals surface area contributed by atoms with E-state index in [4.69, 9.17) is 4.42 Å². The number of aromatic nitrogens is 1. The molecule has 2 saturated carbocycles. The van der Waals surface area contributed by atoms with Crippen LogP contribution in [0.15, 0.2) is 32.6 Å². The van der Waals surface area contributed by atoms with Crippen molar-refractivity contribution in [3.05, 3.63) is 38.7 Å². The van der Waals surface area contributed by atoms with Crippen LogP contribution in [0.1, 0.15) is 43.2 Å². The Morgan fingerprint density at radius 3 is 2.61 bits per heavy atom. The fourth-order valence-corrected chi connectivity index (χ4v) is 9.77. The molecule has 2 aromatic rings. The summed E-state index contributed by atoms with van der Waals surface area (Å²) in [6, 6.07) is 2.61. The summed E-state index contributed by atoms with van der Waals surface area (Å²) in [4.78, 5) is 56.1. The Kier molecular flexibility index (Phi) is 4.72. The van der Waals surface area contributed by atoms with Gasteiger partial charge >= 0.3 is 10.8 Å². The van der Waals surface area contributed by atoms with E-state index in [-0.39, 0.29) is 57.9 Å². The second-order valence-electron chi connectivity index (χ2n) is 10.0. The highest BCUT2D eigenvalue weighted by atomic mass is 32.2. The van der Waals surface area contributed by atoms with Crippen LogP contribution < -0.4 is 4.87 Å². The second-order valence-corrected chi connectivity index (χ2v) is 12.2. The number of nitrogens with zero attached hydrogens (tertiary/aromatic N) is 1. The van der Waals surface area contributed by atoms with Gasteiger partial charge in [-0.15, -0.1) is 11.8 Å². The molecule has 0 radical (unpaired) electrons. The smallest absolute Gasteiger partial charge is 0.326 e. The molecule has 4 heterocycles. The van der Waals surface area contributed by atoms with Crippen molar-refractivity contribution in [2.75, 3.05) is 0 Å². The van der Waals surface area contributed by atoms with Gasteiger partial charge in [-0.3, -0.25) is 19.3 Å². The van der Waals surface area contributed by atoms with Crippen molar-refractivity contribution in [2.45, 2.75) is 48.9 Å². The summed E-state index contributed by atoms with van der Waals surface area (Å²) in [5, 5.41) is 10.7. The number of likely N-dealkylation sites (tertiary alicyclic amines) is 1. The molecule has 2 N–H and O–H groups in total. The minimum Gasteiger partial charge on any atom is -0.480 e. The lowest BCUT2D eigenvalue weighted by molar-refractivity contribution is -0.156. The van der Waals surface area contributed by atoms with Crippen molar-refractivity contribution in [1.29, 1.82) is 0 Å². The highest BCUT2D eigenvalue weighted by molar-refractivity contribution is 8.00. The number of thioether (sulfide) groups is 1. The molecule has 2 amide bonds. The molecule has 2 aromatic heterocycles. The highest BCUT2D eigenvalue weighted by Gasteiger charge is 2.70. The third-order valence-corrected chi connectivity index (χ3v) is 10.5. The van der Waals surface area contributed by atoms with Crippen molar-refractivity contribution in [1.82, 2.24) is 9.88 Å². The minimum atomic E-state index is -1.13. The van der Waals surface area contributed by atoms with E-state index in [1.54, 1.807) is 18.0 Å². The number of furan rings is 1. The number of H-pyrrole nitrogens is 1. The molecule has 2 aliphatic heterocycles. The van der Waals surface area contributed by atoms with Crippen LogP contribution in [0.3, 0.4) is 0 Å². The zero-order valence-electron chi connectivity index (χ0n) is 18.1. The quantitative estimate of drug-likeness (QED) is 0.621. The normalized spacial score (nSPS) is 35.1. The van der Waals surface area contributed by atoms with Gasteiger partial charge in [-0.25, -0.2) is 4.79 Å². The van der Waals surface area contributed by atoms with E-state index < -0.39 is 23.8 Å². The first-order valence-electron chi connectivity index (χ1n) is 11.3. The van der Waals surface area contributed by atoms with E-state index in [9.17, 15) is 24.3 Å². The number of imide groups is 1. The number of hydrogen-bond donors (Lipinski definition) is 2. The molecule has 8 nitrogen and oxygen atoms in total. The number of nitrogens with one attached hydrogen (secondary N) is 1. The summed E-state index contributed by atoms with van der Waals surface area (Å²) >= 11 is 2.79. The molecule has 2 aliphatic carbocycles. The summed E-state index contributed by atoms with van der Waals surface area (Å²) in [7, 11) is 0. The molecule has 3 fully saturated rings. The first-order valence-corrected chi connectivity index (χ1v) is 13.0. The molecule has 0 spiro atoms. The van der Waals surface area contributed by atoms with Crippen molar-refractivity contribution >= 4 is 40.9 Å². The zero-order chi connectivity index (χ0) is 23.2. The van der Waals surface area contributed by atoms with E-state index in [2.05, 4.69) is 4.98 Å². The van der Waals surface area contributed by atoms with E-state index in [1.165, 1.54) is 11.3 Å². The number of amides is 2. The van der Waals surface area contributed by atoms with Gasteiger partial charge in [-0.2, -0.15) is 0 Å². The number of aliphatic carboxylic acids is 1. The summed E-state index contributed by atoms with van der Waals surface area (Å²) in [6.07, 6.45) is 2.63. The number of carbonyl (C=O) groups excluding carboxylic acids is 2. The number of carbonyl (C=O) groups is 3. The number of rotatable bonds is 5. The van der Waals surface area contributed by atoms with Crippen LogP contribution in [0.2, 0.25) is 0 Å². The van der Waals surface area contributed by atoms with Crippen molar-refractivity contribution in [3.63, 3.8) is 0 Å². The number of carboxylic acids is 1. The lowest BCUT2D eigenvalue weighted by Gasteiger charge is -2.42. The topological polar surface area (TPSA) is 121 Å². The molecule has 10 heteroatoms. The van der Waals surface area contributed by atoms with E-state index in [0.717, 1.165) is 27.0 Å². The van der Waals surface area contributed by atoms with E-state index in [0.29, 0.717) is 0 Å². The Balaban J connectivity index is 1.41.